The molecule has 1 aliphatic rings. The van der Waals surface area contributed by atoms with Crippen LogP contribution in [0.3, 0.4) is 0 Å². The van der Waals surface area contributed by atoms with Crippen molar-refractivity contribution in [2.24, 2.45) is 0 Å². The predicted molar refractivity (Wildman–Crippen MR) is 117 cm³/mol. The van der Waals surface area contributed by atoms with Gasteiger partial charge < -0.3 is 19.7 Å². The third-order valence-corrected chi connectivity index (χ3v) is 5.86. The Kier molecular flexibility index (Phi) is 5.69. The summed E-state index contributed by atoms with van der Waals surface area (Å²) in [4.78, 5) is 21.2. The van der Waals surface area contributed by atoms with Crippen LogP contribution in [0.1, 0.15) is 17.5 Å². The summed E-state index contributed by atoms with van der Waals surface area (Å²) in [6.07, 6.45) is 2.76. The van der Waals surface area contributed by atoms with Gasteiger partial charge in [0.15, 0.2) is 0 Å². The number of anilines is 1. The molecular formula is C23H29N5O. The van der Waals surface area contributed by atoms with Gasteiger partial charge >= 0.3 is 6.03 Å². The minimum atomic E-state index is 0.0427. The predicted octanol–water partition coefficient (Wildman–Crippen LogP) is 3.58. The van der Waals surface area contributed by atoms with Crippen LogP contribution in [0.5, 0.6) is 0 Å². The zero-order valence-electron chi connectivity index (χ0n) is 17.3. The van der Waals surface area contributed by atoms with E-state index in [0.29, 0.717) is 6.54 Å². The van der Waals surface area contributed by atoms with Gasteiger partial charge in [0.25, 0.3) is 0 Å². The van der Waals surface area contributed by atoms with E-state index in [2.05, 4.69) is 57.9 Å². The Labute approximate surface area is 172 Å². The molecule has 1 saturated heterocycles. The van der Waals surface area contributed by atoms with E-state index in [4.69, 9.17) is 0 Å². The van der Waals surface area contributed by atoms with Crippen molar-refractivity contribution >= 4 is 22.8 Å². The average molecular weight is 392 g/mol. The van der Waals surface area contributed by atoms with Crippen LogP contribution in [0, 0.1) is 13.8 Å². The van der Waals surface area contributed by atoms with Crippen LogP contribution in [-0.4, -0.2) is 53.2 Å². The lowest BCUT2D eigenvalue weighted by Crippen LogP contribution is -2.52. The van der Waals surface area contributed by atoms with Gasteiger partial charge in [0.2, 0.25) is 0 Å². The molecule has 1 aromatic heterocycles. The first kappa shape index (κ1) is 19.3. The molecule has 1 fully saturated rings. The third-order valence-electron chi connectivity index (χ3n) is 5.86. The van der Waals surface area contributed by atoms with Crippen LogP contribution in [0.25, 0.3) is 11.0 Å². The van der Waals surface area contributed by atoms with Crippen molar-refractivity contribution < 1.29 is 4.79 Å². The second-order valence-electron chi connectivity index (χ2n) is 7.71. The second kappa shape index (κ2) is 8.55. The Balaban J connectivity index is 1.22. The SMILES string of the molecule is Cc1cccc(N2CCN(C(=O)NCCCn3cnc4ccccc43)CC2)c1C. The van der Waals surface area contributed by atoms with Crippen molar-refractivity contribution in [3.8, 4) is 0 Å². The molecule has 6 heteroatoms. The Morgan fingerprint density at radius 1 is 1.03 bits per heavy atom. The number of hydrogen-bond acceptors (Lipinski definition) is 3. The Morgan fingerprint density at radius 3 is 2.66 bits per heavy atom. The minimum absolute atomic E-state index is 0.0427. The summed E-state index contributed by atoms with van der Waals surface area (Å²) in [5.41, 5.74) is 6.09. The number of fused-ring (bicyclic) bond motifs is 1. The van der Waals surface area contributed by atoms with Crippen molar-refractivity contribution in [3.05, 3.63) is 59.9 Å². The molecule has 0 unspecified atom stereocenters. The number of imidazole rings is 1. The van der Waals surface area contributed by atoms with Crippen LogP contribution in [0.4, 0.5) is 10.5 Å². The summed E-state index contributed by atoms with van der Waals surface area (Å²) in [6, 6.07) is 14.6. The van der Waals surface area contributed by atoms with Crippen LogP contribution >= 0.6 is 0 Å². The fraction of sp³-hybridized carbons (Fsp3) is 0.391. The van der Waals surface area contributed by atoms with Gasteiger partial charge in [-0.05, 0) is 49.6 Å². The molecule has 2 amide bonds. The molecule has 0 spiro atoms. The number of urea groups is 1. The van der Waals surface area contributed by atoms with Gasteiger partial charge in [0, 0.05) is 45.0 Å². The maximum Gasteiger partial charge on any atom is 0.317 e. The summed E-state index contributed by atoms with van der Waals surface area (Å²) >= 11 is 0. The average Bonchev–Trinajstić information content (AvgIpc) is 3.16. The molecule has 0 radical (unpaired) electrons. The van der Waals surface area contributed by atoms with E-state index in [0.717, 1.165) is 50.2 Å². The van der Waals surface area contributed by atoms with Gasteiger partial charge in [0.05, 0.1) is 17.4 Å². The van der Waals surface area contributed by atoms with Crippen LogP contribution < -0.4 is 10.2 Å². The van der Waals surface area contributed by atoms with Crippen molar-refractivity contribution in [1.82, 2.24) is 19.8 Å². The first-order chi connectivity index (χ1) is 14.1. The highest BCUT2D eigenvalue weighted by Crippen LogP contribution is 2.23. The van der Waals surface area contributed by atoms with Gasteiger partial charge in [-0.2, -0.15) is 0 Å². The zero-order chi connectivity index (χ0) is 20.2. The minimum Gasteiger partial charge on any atom is -0.368 e. The van der Waals surface area contributed by atoms with Gasteiger partial charge in [-0.1, -0.05) is 24.3 Å². The van der Waals surface area contributed by atoms with Gasteiger partial charge in [-0.25, -0.2) is 9.78 Å². The summed E-state index contributed by atoms with van der Waals surface area (Å²) in [7, 11) is 0. The highest BCUT2D eigenvalue weighted by atomic mass is 16.2. The van der Waals surface area contributed by atoms with Crippen LogP contribution in [0.2, 0.25) is 0 Å². The summed E-state index contributed by atoms with van der Waals surface area (Å²) in [6.45, 7) is 9.10. The Hall–Kier alpha value is -3.02. The maximum absolute atomic E-state index is 12.5. The molecule has 0 aliphatic carbocycles. The largest absolute Gasteiger partial charge is 0.368 e. The van der Waals surface area contributed by atoms with E-state index < -0.39 is 0 Å². The van der Waals surface area contributed by atoms with E-state index >= 15 is 0 Å². The lowest BCUT2D eigenvalue weighted by Gasteiger charge is -2.37. The lowest BCUT2D eigenvalue weighted by atomic mass is 10.1. The smallest absolute Gasteiger partial charge is 0.317 e. The van der Waals surface area contributed by atoms with E-state index in [1.165, 1.54) is 16.8 Å². The topological polar surface area (TPSA) is 53.4 Å². The number of nitrogens with one attached hydrogen (secondary N) is 1. The number of aromatic nitrogens is 2. The quantitative estimate of drug-likeness (QED) is 0.677. The number of amides is 2. The van der Waals surface area contributed by atoms with E-state index in [1.807, 2.05) is 29.4 Å². The number of hydrogen-bond donors (Lipinski definition) is 1. The molecule has 152 valence electrons. The van der Waals surface area contributed by atoms with Gasteiger partial charge in [0.1, 0.15) is 0 Å². The fourth-order valence-electron chi connectivity index (χ4n) is 3.97. The van der Waals surface area contributed by atoms with Gasteiger partial charge in [-0.15, -0.1) is 0 Å². The monoisotopic (exact) mass is 391 g/mol. The third kappa shape index (κ3) is 4.21. The lowest BCUT2D eigenvalue weighted by molar-refractivity contribution is 0.194. The first-order valence-electron chi connectivity index (χ1n) is 10.4. The van der Waals surface area contributed by atoms with Crippen molar-refractivity contribution in [3.63, 3.8) is 0 Å². The van der Waals surface area contributed by atoms with E-state index in [-0.39, 0.29) is 6.03 Å². The van der Waals surface area contributed by atoms with Gasteiger partial charge in [-0.3, -0.25) is 0 Å². The number of para-hydroxylation sites is 2. The van der Waals surface area contributed by atoms with Crippen molar-refractivity contribution in [2.75, 3.05) is 37.6 Å². The van der Waals surface area contributed by atoms with Crippen molar-refractivity contribution in [2.45, 2.75) is 26.8 Å². The number of piperazine rings is 1. The number of nitrogens with zero attached hydrogens (tertiary/aromatic N) is 4. The molecule has 2 heterocycles. The molecule has 4 rings (SSSR count). The second-order valence-corrected chi connectivity index (χ2v) is 7.71. The molecule has 3 aromatic rings. The number of rotatable bonds is 5. The highest BCUT2D eigenvalue weighted by Gasteiger charge is 2.22. The Bertz CT molecular complexity index is 988. The molecule has 29 heavy (non-hydrogen) atoms. The Morgan fingerprint density at radius 2 is 1.83 bits per heavy atom. The summed E-state index contributed by atoms with van der Waals surface area (Å²) in [5, 5.41) is 3.07. The first-order valence-corrected chi connectivity index (χ1v) is 10.4. The number of carbonyl (C=O) groups excluding carboxylic acids is 1. The van der Waals surface area contributed by atoms with Crippen LogP contribution in [0.15, 0.2) is 48.8 Å². The highest BCUT2D eigenvalue weighted by molar-refractivity contribution is 5.75. The molecule has 2 aromatic carbocycles. The summed E-state index contributed by atoms with van der Waals surface area (Å²) in [5.74, 6) is 0. The molecule has 1 N–H and O–H groups in total. The summed E-state index contributed by atoms with van der Waals surface area (Å²) < 4.78 is 2.14. The number of aryl methyl sites for hydroxylation is 2. The molecule has 1 aliphatic heterocycles. The number of benzene rings is 2. The molecule has 0 bridgehead atoms. The molecule has 6 nitrogen and oxygen atoms in total. The fourth-order valence-corrected chi connectivity index (χ4v) is 3.97. The standard InChI is InChI=1S/C23H29N5O/c1-18-7-5-10-21(19(18)2)26-13-15-27(16-14-26)23(29)24-11-6-12-28-17-25-20-8-3-4-9-22(20)28/h3-5,7-10,17H,6,11-16H2,1-2H3,(H,24,29). The molecule has 0 saturated carbocycles. The van der Waals surface area contributed by atoms with E-state index in [1.54, 1.807) is 0 Å². The molecular weight excluding hydrogens is 362 g/mol. The van der Waals surface area contributed by atoms with Crippen LogP contribution in [-0.2, 0) is 6.54 Å². The van der Waals surface area contributed by atoms with Crippen molar-refractivity contribution in [1.29, 1.82) is 0 Å². The maximum atomic E-state index is 12.5. The number of carbonyl (C=O) groups is 1. The zero-order valence-corrected chi connectivity index (χ0v) is 17.3. The normalized spacial score (nSPS) is 14.4. The molecule has 0 atom stereocenters. The van der Waals surface area contributed by atoms with E-state index in [9.17, 15) is 4.79 Å².